The summed E-state index contributed by atoms with van der Waals surface area (Å²) in [5, 5.41) is 1.08. The number of hydrogen-bond donors (Lipinski definition) is 0. The Labute approximate surface area is 87.5 Å². The van der Waals surface area contributed by atoms with Gasteiger partial charge in [0.15, 0.2) is 5.13 Å². The predicted molar refractivity (Wildman–Crippen MR) is 55.9 cm³/mol. The molecule has 1 saturated heterocycles. The molecule has 78 valence electrons. The number of ether oxygens (including phenoxy) is 2. The smallest absolute Gasteiger partial charge is 0.185 e. The summed E-state index contributed by atoms with van der Waals surface area (Å²) >= 11 is 1.70. The van der Waals surface area contributed by atoms with Crippen LogP contribution in [0.15, 0.2) is 6.20 Å². The minimum atomic E-state index is 0.655. The van der Waals surface area contributed by atoms with Crippen LogP contribution in [0.2, 0.25) is 0 Å². The van der Waals surface area contributed by atoms with Crippen molar-refractivity contribution in [2.75, 3.05) is 38.3 Å². The molecular formula is C9H14N2O2S. The molecule has 0 unspecified atom stereocenters. The van der Waals surface area contributed by atoms with Gasteiger partial charge in [-0.15, -0.1) is 0 Å². The monoisotopic (exact) mass is 214 g/mol. The Balaban J connectivity index is 2.00. The number of nitrogens with zero attached hydrogens (tertiary/aromatic N) is 2. The average molecular weight is 214 g/mol. The van der Waals surface area contributed by atoms with E-state index < -0.39 is 0 Å². The second kappa shape index (κ2) is 4.72. The van der Waals surface area contributed by atoms with Crippen molar-refractivity contribution in [2.45, 2.75) is 6.61 Å². The lowest BCUT2D eigenvalue weighted by Gasteiger charge is -2.25. The lowest BCUT2D eigenvalue weighted by atomic mass is 10.5. The van der Waals surface area contributed by atoms with Gasteiger partial charge in [-0.1, -0.05) is 11.3 Å². The first-order valence-corrected chi connectivity index (χ1v) is 5.48. The Bertz CT molecular complexity index is 284. The first-order valence-electron chi connectivity index (χ1n) is 4.66. The van der Waals surface area contributed by atoms with Gasteiger partial charge in [-0.05, 0) is 0 Å². The molecule has 1 aromatic heterocycles. The highest BCUT2D eigenvalue weighted by atomic mass is 32.1. The maximum Gasteiger partial charge on any atom is 0.185 e. The van der Waals surface area contributed by atoms with E-state index in [1.165, 1.54) is 4.88 Å². The molecule has 0 bridgehead atoms. The lowest BCUT2D eigenvalue weighted by molar-refractivity contribution is 0.122. The van der Waals surface area contributed by atoms with Gasteiger partial charge in [-0.2, -0.15) is 0 Å². The average Bonchev–Trinajstić information content (AvgIpc) is 2.68. The lowest BCUT2D eigenvalue weighted by Crippen LogP contribution is -2.36. The number of anilines is 1. The van der Waals surface area contributed by atoms with Crippen molar-refractivity contribution in [1.82, 2.24) is 4.98 Å². The topological polar surface area (TPSA) is 34.6 Å². The molecule has 1 aliphatic heterocycles. The summed E-state index contributed by atoms with van der Waals surface area (Å²) < 4.78 is 10.3. The molecule has 0 spiro atoms. The molecule has 1 aromatic rings. The van der Waals surface area contributed by atoms with Gasteiger partial charge in [-0.3, -0.25) is 0 Å². The third-order valence-electron chi connectivity index (χ3n) is 2.11. The molecule has 0 amide bonds. The molecule has 0 saturated carbocycles. The Morgan fingerprint density at radius 2 is 2.36 bits per heavy atom. The summed E-state index contributed by atoms with van der Waals surface area (Å²) in [6, 6.07) is 0. The highest BCUT2D eigenvalue weighted by molar-refractivity contribution is 7.15. The minimum absolute atomic E-state index is 0.655. The maximum atomic E-state index is 5.29. The van der Waals surface area contributed by atoms with Gasteiger partial charge < -0.3 is 14.4 Å². The van der Waals surface area contributed by atoms with E-state index in [0.29, 0.717) is 6.61 Å². The third kappa shape index (κ3) is 2.23. The maximum absolute atomic E-state index is 5.29. The fourth-order valence-electron chi connectivity index (χ4n) is 1.41. The second-order valence-electron chi connectivity index (χ2n) is 3.14. The zero-order valence-electron chi connectivity index (χ0n) is 8.23. The number of thiazole rings is 1. The largest absolute Gasteiger partial charge is 0.379 e. The van der Waals surface area contributed by atoms with Gasteiger partial charge in [0.2, 0.25) is 0 Å². The molecule has 0 N–H and O–H groups in total. The van der Waals surface area contributed by atoms with E-state index >= 15 is 0 Å². The molecule has 2 rings (SSSR count). The van der Waals surface area contributed by atoms with E-state index in [1.54, 1.807) is 18.4 Å². The van der Waals surface area contributed by atoms with E-state index in [1.807, 2.05) is 6.20 Å². The summed E-state index contributed by atoms with van der Waals surface area (Å²) in [6.45, 7) is 4.15. The van der Waals surface area contributed by atoms with Crippen molar-refractivity contribution in [3.05, 3.63) is 11.1 Å². The summed E-state index contributed by atoms with van der Waals surface area (Å²) in [7, 11) is 1.70. The van der Waals surface area contributed by atoms with Gasteiger partial charge in [0.25, 0.3) is 0 Å². The van der Waals surface area contributed by atoms with E-state index in [2.05, 4.69) is 9.88 Å². The Hall–Kier alpha value is -0.650. The van der Waals surface area contributed by atoms with Crippen molar-refractivity contribution in [2.24, 2.45) is 0 Å². The van der Waals surface area contributed by atoms with E-state index in [0.717, 1.165) is 31.4 Å². The van der Waals surface area contributed by atoms with Crippen molar-refractivity contribution >= 4 is 16.5 Å². The molecule has 0 aliphatic carbocycles. The van der Waals surface area contributed by atoms with Gasteiger partial charge >= 0.3 is 0 Å². The Morgan fingerprint density at radius 3 is 3.07 bits per heavy atom. The zero-order chi connectivity index (χ0) is 9.80. The predicted octanol–water partition coefficient (Wildman–Crippen LogP) is 1.13. The number of aromatic nitrogens is 1. The fourth-order valence-corrected chi connectivity index (χ4v) is 2.34. The van der Waals surface area contributed by atoms with E-state index in [9.17, 15) is 0 Å². The Kier molecular flexibility index (Phi) is 3.34. The van der Waals surface area contributed by atoms with Crippen LogP contribution in [0.4, 0.5) is 5.13 Å². The molecule has 1 aliphatic rings. The SMILES string of the molecule is COCc1cnc(N2CCOCC2)s1. The molecule has 2 heterocycles. The highest BCUT2D eigenvalue weighted by Gasteiger charge is 2.14. The van der Waals surface area contributed by atoms with Crippen LogP contribution in [-0.4, -0.2) is 38.4 Å². The van der Waals surface area contributed by atoms with Crippen LogP contribution in [0.5, 0.6) is 0 Å². The first-order chi connectivity index (χ1) is 6.90. The zero-order valence-corrected chi connectivity index (χ0v) is 9.05. The van der Waals surface area contributed by atoms with Crippen molar-refractivity contribution in [3.63, 3.8) is 0 Å². The summed E-state index contributed by atoms with van der Waals surface area (Å²) in [5.74, 6) is 0. The van der Waals surface area contributed by atoms with Gasteiger partial charge in [0.05, 0.1) is 24.7 Å². The van der Waals surface area contributed by atoms with Crippen LogP contribution < -0.4 is 4.90 Å². The van der Waals surface area contributed by atoms with E-state index in [4.69, 9.17) is 9.47 Å². The van der Waals surface area contributed by atoms with Crippen LogP contribution in [0, 0.1) is 0 Å². The van der Waals surface area contributed by atoms with Crippen LogP contribution >= 0.6 is 11.3 Å². The summed E-state index contributed by atoms with van der Waals surface area (Å²) in [5.41, 5.74) is 0. The Morgan fingerprint density at radius 1 is 1.57 bits per heavy atom. The van der Waals surface area contributed by atoms with Crippen molar-refractivity contribution in [3.8, 4) is 0 Å². The number of rotatable bonds is 3. The number of methoxy groups -OCH3 is 1. The van der Waals surface area contributed by atoms with Crippen LogP contribution in [0.1, 0.15) is 4.88 Å². The molecule has 0 aromatic carbocycles. The normalized spacial score (nSPS) is 17.4. The molecule has 5 heteroatoms. The van der Waals surface area contributed by atoms with E-state index in [-0.39, 0.29) is 0 Å². The highest BCUT2D eigenvalue weighted by Crippen LogP contribution is 2.23. The van der Waals surface area contributed by atoms with Crippen LogP contribution in [0.3, 0.4) is 0 Å². The summed E-state index contributed by atoms with van der Waals surface area (Å²) in [4.78, 5) is 7.80. The molecule has 0 radical (unpaired) electrons. The molecule has 14 heavy (non-hydrogen) atoms. The quantitative estimate of drug-likeness (QED) is 0.755. The van der Waals surface area contributed by atoms with Gasteiger partial charge in [0.1, 0.15) is 0 Å². The van der Waals surface area contributed by atoms with Crippen LogP contribution in [-0.2, 0) is 16.1 Å². The van der Waals surface area contributed by atoms with Crippen LogP contribution in [0.25, 0.3) is 0 Å². The molecular weight excluding hydrogens is 200 g/mol. The van der Waals surface area contributed by atoms with Crippen molar-refractivity contribution < 1.29 is 9.47 Å². The summed E-state index contributed by atoms with van der Waals surface area (Å²) in [6.07, 6.45) is 1.89. The number of morpholine rings is 1. The first kappa shape index (κ1) is 9.89. The fraction of sp³-hybridized carbons (Fsp3) is 0.667. The standard InChI is InChI=1S/C9H14N2O2S/c1-12-7-8-6-10-9(14-8)11-2-4-13-5-3-11/h6H,2-5,7H2,1H3. The second-order valence-corrected chi connectivity index (χ2v) is 4.24. The molecule has 1 fully saturated rings. The minimum Gasteiger partial charge on any atom is -0.379 e. The van der Waals surface area contributed by atoms with Crippen molar-refractivity contribution in [1.29, 1.82) is 0 Å². The molecule has 0 atom stereocenters. The molecule has 4 nitrogen and oxygen atoms in total. The van der Waals surface area contributed by atoms with Gasteiger partial charge in [-0.25, -0.2) is 4.98 Å². The van der Waals surface area contributed by atoms with Gasteiger partial charge in [0, 0.05) is 26.4 Å². The number of hydrogen-bond acceptors (Lipinski definition) is 5. The third-order valence-corrected chi connectivity index (χ3v) is 3.14.